The maximum atomic E-state index is 12.4. The molecule has 0 saturated carbocycles. The van der Waals surface area contributed by atoms with Gasteiger partial charge in [-0.1, -0.05) is 0 Å². The Labute approximate surface area is 117 Å². The molecule has 1 fully saturated rings. The minimum atomic E-state index is 0.0526. The van der Waals surface area contributed by atoms with Crippen LogP contribution in [-0.2, 0) is 7.05 Å². The number of hydrogen-bond donors (Lipinski definition) is 0. The lowest BCUT2D eigenvalue weighted by Crippen LogP contribution is -2.39. The Morgan fingerprint density at radius 2 is 2.35 bits per heavy atom. The van der Waals surface area contributed by atoms with E-state index in [1.807, 2.05) is 18.0 Å². The molecule has 1 aliphatic heterocycles. The Bertz CT molecular complexity index is 595. The molecule has 20 heavy (non-hydrogen) atoms. The van der Waals surface area contributed by atoms with Gasteiger partial charge in [-0.25, -0.2) is 9.97 Å². The van der Waals surface area contributed by atoms with E-state index in [-0.39, 0.29) is 5.91 Å². The topological polar surface area (TPSA) is 63.9 Å². The Kier molecular flexibility index (Phi) is 3.45. The van der Waals surface area contributed by atoms with E-state index in [0.717, 1.165) is 25.1 Å². The zero-order valence-electron chi connectivity index (χ0n) is 11.4. The fourth-order valence-electron chi connectivity index (χ4n) is 2.66. The van der Waals surface area contributed by atoms with Crippen LogP contribution in [0.1, 0.15) is 34.8 Å². The molecule has 0 aromatic carbocycles. The second kappa shape index (κ2) is 5.40. The number of hydrogen-bond acceptors (Lipinski definition) is 4. The van der Waals surface area contributed by atoms with Crippen molar-refractivity contribution >= 4 is 5.91 Å². The standard InChI is InChI=1S/C14H17N5O/c1-18-8-12(7-17-18)14(20)19-6-2-3-11(9-19)13-4-5-15-10-16-13/h4-5,7-8,10-11H,2-3,6,9H2,1H3/t11-/m1/s1. The molecule has 0 radical (unpaired) electrons. The molecular formula is C14H17N5O. The Morgan fingerprint density at radius 1 is 1.45 bits per heavy atom. The molecule has 2 aromatic heterocycles. The van der Waals surface area contributed by atoms with E-state index in [1.165, 1.54) is 0 Å². The summed E-state index contributed by atoms with van der Waals surface area (Å²) in [5.74, 6) is 0.351. The van der Waals surface area contributed by atoms with Gasteiger partial charge in [0.25, 0.3) is 5.91 Å². The summed E-state index contributed by atoms with van der Waals surface area (Å²) in [6.07, 6.45) is 8.77. The lowest BCUT2D eigenvalue weighted by atomic mass is 9.94. The molecule has 1 amide bonds. The summed E-state index contributed by atoms with van der Waals surface area (Å²) in [4.78, 5) is 22.6. The van der Waals surface area contributed by atoms with Crippen LogP contribution >= 0.6 is 0 Å². The largest absolute Gasteiger partial charge is 0.338 e. The van der Waals surface area contributed by atoms with Gasteiger partial charge in [0.05, 0.1) is 11.8 Å². The van der Waals surface area contributed by atoms with Crippen molar-refractivity contribution in [3.63, 3.8) is 0 Å². The summed E-state index contributed by atoms with van der Waals surface area (Å²) < 4.78 is 1.65. The smallest absolute Gasteiger partial charge is 0.257 e. The SMILES string of the molecule is Cn1cc(C(=O)N2CCC[C@@H](c3ccncn3)C2)cn1. The first-order valence-corrected chi connectivity index (χ1v) is 6.78. The van der Waals surface area contributed by atoms with Crippen molar-refractivity contribution in [1.82, 2.24) is 24.6 Å². The quantitative estimate of drug-likeness (QED) is 0.824. The Morgan fingerprint density at radius 3 is 3.05 bits per heavy atom. The van der Waals surface area contributed by atoms with Crippen molar-refractivity contribution in [3.05, 3.63) is 42.2 Å². The number of rotatable bonds is 2. The molecule has 1 atom stereocenters. The van der Waals surface area contributed by atoms with Crippen LogP contribution in [0.3, 0.4) is 0 Å². The fraction of sp³-hybridized carbons (Fsp3) is 0.429. The van der Waals surface area contributed by atoms with Crippen molar-refractivity contribution in [3.8, 4) is 0 Å². The Balaban J connectivity index is 1.74. The van der Waals surface area contributed by atoms with Gasteiger partial charge in [-0.05, 0) is 18.9 Å². The predicted molar refractivity (Wildman–Crippen MR) is 73.1 cm³/mol. The first kappa shape index (κ1) is 12.8. The van der Waals surface area contributed by atoms with Crippen LogP contribution in [0.5, 0.6) is 0 Å². The van der Waals surface area contributed by atoms with Gasteiger partial charge in [-0.15, -0.1) is 0 Å². The minimum absolute atomic E-state index is 0.0526. The number of carbonyl (C=O) groups excluding carboxylic acids is 1. The van der Waals surface area contributed by atoms with E-state index in [2.05, 4.69) is 15.1 Å². The zero-order chi connectivity index (χ0) is 13.9. The molecule has 1 aliphatic rings. The normalized spacial score (nSPS) is 19.1. The number of nitrogens with zero attached hydrogens (tertiary/aromatic N) is 5. The molecule has 104 valence electrons. The van der Waals surface area contributed by atoms with Gasteiger partial charge in [-0.3, -0.25) is 9.48 Å². The number of aromatic nitrogens is 4. The molecule has 0 bridgehead atoms. The highest BCUT2D eigenvalue weighted by Gasteiger charge is 2.26. The van der Waals surface area contributed by atoms with Crippen LogP contribution in [0.15, 0.2) is 31.0 Å². The minimum Gasteiger partial charge on any atom is -0.338 e. The van der Waals surface area contributed by atoms with Crippen LogP contribution in [0.4, 0.5) is 0 Å². The van der Waals surface area contributed by atoms with E-state index < -0.39 is 0 Å². The van der Waals surface area contributed by atoms with E-state index >= 15 is 0 Å². The monoisotopic (exact) mass is 271 g/mol. The molecule has 0 unspecified atom stereocenters. The average molecular weight is 271 g/mol. The van der Waals surface area contributed by atoms with Gasteiger partial charge in [-0.2, -0.15) is 5.10 Å². The zero-order valence-corrected chi connectivity index (χ0v) is 11.4. The molecule has 0 aliphatic carbocycles. The van der Waals surface area contributed by atoms with Gasteiger partial charge >= 0.3 is 0 Å². The summed E-state index contributed by atoms with van der Waals surface area (Å²) in [7, 11) is 1.82. The van der Waals surface area contributed by atoms with Gasteiger partial charge in [0, 0.05) is 44.1 Å². The second-order valence-corrected chi connectivity index (χ2v) is 5.13. The molecule has 0 spiro atoms. The number of piperidine rings is 1. The summed E-state index contributed by atoms with van der Waals surface area (Å²) in [5.41, 5.74) is 1.67. The molecule has 6 nitrogen and oxygen atoms in total. The third-order valence-electron chi connectivity index (χ3n) is 3.68. The highest BCUT2D eigenvalue weighted by atomic mass is 16.2. The van der Waals surface area contributed by atoms with Crippen molar-refractivity contribution < 1.29 is 4.79 Å². The van der Waals surface area contributed by atoms with Crippen molar-refractivity contribution in [2.75, 3.05) is 13.1 Å². The van der Waals surface area contributed by atoms with E-state index in [0.29, 0.717) is 18.0 Å². The fourth-order valence-corrected chi connectivity index (χ4v) is 2.66. The van der Waals surface area contributed by atoms with Crippen molar-refractivity contribution in [1.29, 1.82) is 0 Å². The van der Waals surface area contributed by atoms with Gasteiger partial charge in [0.15, 0.2) is 0 Å². The summed E-state index contributed by atoms with van der Waals surface area (Å²) >= 11 is 0. The molecule has 6 heteroatoms. The number of carbonyl (C=O) groups is 1. The maximum absolute atomic E-state index is 12.4. The Hall–Kier alpha value is -2.24. The number of aryl methyl sites for hydroxylation is 1. The highest BCUT2D eigenvalue weighted by Crippen LogP contribution is 2.25. The summed E-state index contributed by atoms with van der Waals surface area (Å²) in [5, 5.41) is 4.06. The first-order valence-electron chi connectivity index (χ1n) is 6.78. The van der Waals surface area contributed by atoms with Crippen LogP contribution in [0.25, 0.3) is 0 Å². The van der Waals surface area contributed by atoms with Crippen LogP contribution < -0.4 is 0 Å². The molecule has 1 saturated heterocycles. The molecule has 3 rings (SSSR count). The van der Waals surface area contributed by atoms with Gasteiger partial charge in [0.2, 0.25) is 0 Å². The average Bonchev–Trinajstić information content (AvgIpc) is 2.94. The summed E-state index contributed by atoms with van der Waals surface area (Å²) in [6, 6.07) is 1.93. The maximum Gasteiger partial charge on any atom is 0.257 e. The first-order chi connectivity index (χ1) is 9.74. The van der Waals surface area contributed by atoms with Crippen molar-refractivity contribution in [2.24, 2.45) is 7.05 Å². The van der Waals surface area contributed by atoms with Crippen LogP contribution in [-0.4, -0.2) is 43.6 Å². The molecule has 2 aromatic rings. The van der Waals surface area contributed by atoms with E-state index in [4.69, 9.17) is 0 Å². The highest BCUT2D eigenvalue weighted by molar-refractivity contribution is 5.93. The third kappa shape index (κ3) is 2.54. The number of likely N-dealkylation sites (tertiary alicyclic amines) is 1. The second-order valence-electron chi connectivity index (χ2n) is 5.13. The van der Waals surface area contributed by atoms with E-state index in [1.54, 1.807) is 29.6 Å². The van der Waals surface area contributed by atoms with Gasteiger partial charge < -0.3 is 4.90 Å². The van der Waals surface area contributed by atoms with Crippen molar-refractivity contribution in [2.45, 2.75) is 18.8 Å². The lowest BCUT2D eigenvalue weighted by molar-refractivity contribution is 0.0706. The molecular weight excluding hydrogens is 254 g/mol. The number of amides is 1. The van der Waals surface area contributed by atoms with Gasteiger partial charge in [0.1, 0.15) is 6.33 Å². The predicted octanol–water partition coefficient (Wildman–Crippen LogP) is 1.23. The molecule has 0 N–H and O–H groups in total. The molecule has 3 heterocycles. The van der Waals surface area contributed by atoms with E-state index in [9.17, 15) is 4.79 Å². The van der Waals surface area contributed by atoms with Crippen LogP contribution in [0, 0.1) is 0 Å². The van der Waals surface area contributed by atoms with Crippen LogP contribution in [0.2, 0.25) is 0 Å². The lowest BCUT2D eigenvalue weighted by Gasteiger charge is -2.32. The summed E-state index contributed by atoms with van der Waals surface area (Å²) in [6.45, 7) is 1.51. The third-order valence-corrected chi connectivity index (χ3v) is 3.68.